The van der Waals surface area contributed by atoms with Gasteiger partial charge in [-0.25, -0.2) is 0 Å². The Labute approximate surface area is 178 Å². The van der Waals surface area contributed by atoms with E-state index in [9.17, 15) is 22.8 Å². The Kier molecular flexibility index (Phi) is 6.68. The molecule has 0 atom stereocenters. The third-order valence-corrected chi connectivity index (χ3v) is 5.12. The molecule has 1 saturated heterocycles. The predicted octanol–water partition coefficient (Wildman–Crippen LogP) is 4.82. The van der Waals surface area contributed by atoms with E-state index in [2.05, 4.69) is 11.9 Å². The van der Waals surface area contributed by atoms with Crippen molar-refractivity contribution in [3.8, 4) is 5.75 Å². The fourth-order valence-corrected chi connectivity index (χ4v) is 3.35. The molecule has 3 rings (SSSR count). The summed E-state index contributed by atoms with van der Waals surface area (Å²) in [6.07, 6.45) is -1.98. The van der Waals surface area contributed by atoms with Gasteiger partial charge in [0.05, 0.1) is 5.56 Å². The van der Waals surface area contributed by atoms with Crippen LogP contribution in [-0.2, 0) is 11.0 Å². The van der Waals surface area contributed by atoms with Crippen LogP contribution in [0.2, 0.25) is 0 Å². The minimum absolute atomic E-state index is 0.0815. The maximum atomic E-state index is 12.9. The first kappa shape index (κ1) is 22.4. The minimum atomic E-state index is -4.52. The summed E-state index contributed by atoms with van der Waals surface area (Å²) in [6.45, 7) is 6.50. The number of carbonyl (C=O) groups is 2. The largest absolute Gasteiger partial charge is 0.490 e. The quantitative estimate of drug-likeness (QED) is 0.689. The highest BCUT2D eigenvalue weighted by molar-refractivity contribution is 6.04. The lowest BCUT2D eigenvalue weighted by Crippen LogP contribution is -2.41. The van der Waals surface area contributed by atoms with Gasteiger partial charge in [-0.2, -0.15) is 13.2 Å². The molecule has 0 radical (unpaired) electrons. The van der Waals surface area contributed by atoms with Crippen LogP contribution >= 0.6 is 0 Å². The number of hydrogen-bond donors (Lipinski definition) is 1. The molecule has 1 N–H and O–H groups in total. The molecule has 0 saturated carbocycles. The highest BCUT2D eigenvalue weighted by Gasteiger charge is 2.31. The second-order valence-corrected chi connectivity index (χ2v) is 7.36. The number of alkyl halides is 3. The maximum absolute atomic E-state index is 12.9. The molecular weight excluding hydrogens is 409 g/mol. The average Bonchev–Trinajstić information content (AvgIpc) is 2.75. The van der Waals surface area contributed by atoms with E-state index in [1.807, 2.05) is 6.92 Å². The van der Waals surface area contributed by atoms with E-state index in [-0.39, 0.29) is 17.6 Å². The Morgan fingerprint density at radius 2 is 1.87 bits per heavy atom. The molecule has 8 heteroatoms. The molecule has 0 aliphatic carbocycles. The van der Waals surface area contributed by atoms with E-state index in [1.165, 1.54) is 18.2 Å². The molecule has 2 aromatic rings. The van der Waals surface area contributed by atoms with E-state index >= 15 is 0 Å². The van der Waals surface area contributed by atoms with Crippen molar-refractivity contribution in [1.82, 2.24) is 4.90 Å². The van der Waals surface area contributed by atoms with Gasteiger partial charge in [0.15, 0.2) is 0 Å². The summed E-state index contributed by atoms with van der Waals surface area (Å²) in [4.78, 5) is 25.8. The minimum Gasteiger partial charge on any atom is -0.490 e. The standard InChI is InChI=1S/C23H23F3N2O3/c1-3-21(29)28-11-9-19(10-12-28)31-20-14-18(8-7-15(20)2)27-22(30)16-5-4-6-17(13-16)23(24,25)26/h3-8,13-14,19H,1,9-12H2,2H3,(H,27,30). The zero-order valence-corrected chi connectivity index (χ0v) is 17.0. The Hall–Kier alpha value is -3.29. The first-order valence-electron chi connectivity index (χ1n) is 9.84. The third-order valence-electron chi connectivity index (χ3n) is 5.12. The highest BCUT2D eigenvalue weighted by atomic mass is 19.4. The van der Waals surface area contributed by atoms with Crippen molar-refractivity contribution >= 4 is 17.5 Å². The molecule has 1 aliphatic heterocycles. The van der Waals surface area contributed by atoms with Crippen LogP contribution in [0.5, 0.6) is 5.75 Å². The molecule has 0 unspecified atom stereocenters. The topological polar surface area (TPSA) is 58.6 Å². The van der Waals surface area contributed by atoms with Crippen molar-refractivity contribution < 1.29 is 27.5 Å². The normalized spacial score (nSPS) is 14.8. The van der Waals surface area contributed by atoms with Crippen LogP contribution in [0, 0.1) is 6.92 Å². The van der Waals surface area contributed by atoms with Gasteiger partial charge < -0.3 is 15.0 Å². The van der Waals surface area contributed by atoms with Crippen molar-refractivity contribution in [2.45, 2.75) is 32.0 Å². The van der Waals surface area contributed by atoms with E-state index in [1.54, 1.807) is 23.1 Å². The monoisotopic (exact) mass is 432 g/mol. The van der Waals surface area contributed by atoms with Crippen molar-refractivity contribution in [3.05, 3.63) is 71.8 Å². The first-order chi connectivity index (χ1) is 14.7. The van der Waals surface area contributed by atoms with Crippen LogP contribution in [0.3, 0.4) is 0 Å². The summed E-state index contributed by atoms with van der Waals surface area (Å²) >= 11 is 0. The number of anilines is 1. The number of ether oxygens (including phenoxy) is 1. The van der Waals surface area contributed by atoms with Crippen LogP contribution in [0.25, 0.3) is 0 Å². The highest BCUT2D eigenvalue weighted by Crippen LogP contribution is 2.30. The van der Waals surface area contributed by atoms with Crippen molar-refractivity contribution in [2.75, 3.05) is 18.4 Å². The van der Waals surface area contributed by atoms with Gasteiger partial charge in [0, 0.05) is 43.2 Å². The summed E-state index contributed by atoms with van der Waals surface area (Å²) < 4.78 is 44.8. The number of benzene rings is 2. The second-order valence-electron chi connectivity index (χ2n) is 7.36. The molecule has 0 bridgehead atoms. The number of piperidine rings is 1. The van der Waals surface area contributed by atoms with Gasteiger partial charge in [0.1, 0.15) is 11.9 Å². The zero-order chi connectivity index (χ0) is 22.6. The molecule has 1 fully saturated rings. The fraction of sp³-hybridized carbons (Fsp3) is 0.304. The molecule has 1 aliphatic rings. The molecule has 0 aromatic heterocycles. The van der Waals surface area contributed by atoms with Gasteiger partial charge in [-0.3, -0.25) is 9.59 Å². The predicted molar refractivity (Wildman–Crippen MR) is 111 cm³/mol. The second kappa shape index (κ2) is 9.24. The zero-order valence-electron chi connectivity index (χ0n) is 17.0. The van der Waals surface area contributed by atoms with Crippen LogP contribution in [0.15, 0.2) is 55.1 Å². The smallest absolute Gasteiger partial charge is 0.416 e. The van der Waals surface area contributed by atoms with Gasteiger partial charge in [-0.05, 0) is 42.8 Å². The molecule has 0 spiro atoms. The van der Waals surface area contributed by atoms with Gasteiger partial charge in [0.2, 0.25) is 5.91 Å². The Bertz CT molecular complexity index is 980. The number of hydrogen-bond acceptors (Lipinski definition) is 3. The Balaban J connectivity index is 1.67. The van der Waals surface area contributed by atoms with Gasteiger partial charge in [0.25, 0.3) is 5.91 Å². The van der Waals surface area contributed by atoms with Gasteiger partial charge in [-0.1, -0.05) is 18.7 Å². The van der Waals surface area contributed by atoms with Crippen molar-refractivity contribution in [3.63, 3.8) is 0 Å². The molecule has 2 aromatic carbocycles. The SMILES string of the molecule is C=CC(=O)N1CCC(Oc2cc(NC(=O)c3cccc(C(F)(F)F)c3)ccc2C)CC1. The van der Waals surface area contributed by atoms with Crippen LogP contribution in [0.4, 0.5) is 18.9 Å². The van der Waals surface area contributed by atoms with E-state index in [0.717, 1.165) is 17.7 Å². The van der Waals surface area contributed by atoms with Gasteiger partial charge >= 0.3 is 6.18 Å². The van der Waals surface area contributed by atoms with Crippen LogP contribution in [-0.4, -0.2) is 35.9 Å². The van der Waals surface area contributed by atoms with Crippen LogP contribution in [0.1, 0.15) is 34.3 Å². The Morgan fingerprint density at radius 3 is 2.52 bits per heavy atom. The third kappa shape index (κ3) is 5.65. The number of halogens is 3. The lowest BCUT2D eigenvalue weighted by atomic mass is 10.1. The molecule has 5 nitrogen and oxygen atoms in total. The van der Waals surface area contributed by atoms with Crippen LogP contribution < -0.4 is 10.1 Å². The molecule has 1 heterocycles. The molecule has 31 heavy (non-hydrogen) atoms. The summed E-state index contributed by atoms with van der Waals surface area (Å²) in [6, 6.07) is 9.36. The van der Waals surface area contributed by atoms with E-state index in [4.69, 9.17) is 4.74 Å². The first-order valence-corrected chi connectivity index (χ1v) is 9.84. The number of carbonyl (C=O) groups excluding carboxylic acids is 2. The molecule has 2 amide bonds. The molecular formula is C23H23F3N2O3. The molecule has 164 valence electrons. The van der Waals surface area contributed by atoms with E-state index in [0.29, 0.717) is 37.4 Å². The number of nitrogens with zero attached hydrogens (tertiary/aromatic N) is 1. The fourth-order valence-electron chi connectivity index (χ4n) is 3.35. The number of rotatable bonds is 5. The number of amides is 2. The summed E-state index contributed by atoms with van der Waals surface area (Å²) in [5, 5.41) is 2.62. The van der Waals surface area contributed by atoms with Gasteiger partial charge in [-0.15, -0.1) is 0 Å². The van der Waals surface area contributed by atoms with Crippen molar-refractivity contribution in [1.29, 1.82) is 0 Å². The number of aryl methyl sites for hydroxylation is 1. The summed E-state index contributed by atoms with van der Waals surface area (Å²) in [5.74, 6) is -0.165. The lowest BCUT2D eigenvalue weighted by molar-refractivity contribution is -0.137. The lowest BCUT2D eigenvalue weighted by Gasteiger charge is -2.32. The number of nitrogens with one attached hydrogen (secondary N) is 1. The Morgan fingerprint density at radius 1 is 1.16 bits per heavy atom. The number of likely N-dealkylation sites (tertiary alicyclic amines) is 1. The van der Waals surface area contributed by atoms with E-state index < -0.39 is 17.6 Å². The summed E-state index contributed by atoms with van der Waals surface area (Å²) in [7, 11) is 0. The van der Waals surface area contributed by atoms with Crippen molar-refractivity contribution in [2.24, 2.45) is 0 Å². The average molecular weight is 432 g/mol. The summed E-state index contributed by atoms with van der Waals surface area (Å²) in [5.41, 5.74) is 0.315. The maximum Gasteiger partial charge on any atom is 0.416 e.